The summed E-state index contributed by atoms with van der Waals surface area (Å²) < 4.78 is 2.27. The molecule has 0 radical (unpaired) electrons. The molecule has 0 bridgehead atoms. The normalized spacial score (nSPS) is 10.2. The van der Waals surface area contributed by atoms with Crippen molar-refractivity contribution in [3.05, 3.63) is 57.5 Å². The van der Waals surface area contributed by atoms with Gasteiger partial charge in [-0.25, -0.2) is 0 Å². The molecule has 2 aromatic heterocycles. The van der Waals surface area contributed by atoms with Crippen LogP contribution in [0.15, 0.2) is 41.5 Å². The van der Waals surface area contributed by atoms with Gasteiger partial charge in [-0.15, -0.1) is 0 Å². The van der Waals surface area contributed by atoms with Crippen molar-refractivity contribution in [2.75, 3.05) is 0 Å². The van der Waals surface area contributed by atoms with Gasteiger partial charge < -0.3 is 4.57 Å². The highest BCUT2D eigenvalue weighted by molar-refractivity contribution is 7.71. The third-order valence-electron chi connectivity index (χ3n) is 2.23. The molecule has 0 aliphatic carbocycles. The molecule has 0 aliphatic heterocycles. The fourth-order valence-electron chi connectivity index (χ4n) is 1.40. The van der Waals surface area contributed by atoms with Crippen LogP contribution in [0.4, 0.5) is 0 Å². The molecule has 4 nitrogen and oxygen atoms in total. The Hall–Kier alpha value is -1.75. The summed E-state index contributed by atoms with van der Waals surface area (Å²) in [5.41, 5.74) is 0.842. The Balaban J connectivity index is 2.11. The van der Waals surface area contributed by atoms with E-state index < -0.39 is 0 Å². The van der Waals surface area contributed by atoms with Gasteiger partial charge in [-0.3, -0.25) is 14.8 Å². The molecule has 16 heavy (non-hydrogen) atoms. The van der Waals surface area contributed by atoms with Crippen molar-refractivity contribution in [2.45, 2.75) is 13.0 Å². The van der Waals surface area contributed by atoms with Crippen molar-refractivity contribution in [1.29, 1.82) is 0 Å². The predicted octanol–water partition coefficient (Wildman–Crippen LogP) is 1.54. The summed E-state index contributed by atoms with van der Waals surface area (Å²) in [7, 11) is 0. The van der Waals surface area contributed by atoms with Crippen LogP contribution < -0.4 is 5.56 Å². The number of aromatic nitrogens is 3. The summed E-state index contributed by atoms with van der Waals surface area (Å²) in [6.07, 6.45) is 4.26. The second kappa shape index (κ2) is 4.85. The molecule has 2 heterocycles. The Morgan fingerprint density at radius 1 is 1.38 bits per heavy atom. The molecule has 2 aromatic rings. The maximum atomic E-state index is 11.0. The van der Waals surface area contributed by atoms with E-state index >= 15 is 0 Å². The van der Waals surface area contributed by atoms with Gasteiger partial charge in [-0.1, -0.05) is 6.07 Å². The zero-order valence-corrected chi connectivity index (χ0v) is 9.41. The van der Waals surface area contributed by atoms with Crippen LogP contribution in [0.1, 0.15) is 5.69 Å². The van der Waals surface area contributed by atoms with E-state index in [2.05, 4.69) is 9.97 Å². The standard InChI is InChI=1S/C11H11N3OS/c15-10-5-8-14(11(16)13-10)7-4-9-3-1-2-6-12-9/h1-3,5-6,8H,4,7H2,(H,13,15,16). The average Bonchev–Trinajstić information content (AvgIpc) is 2.29. The van der Waals surface area contributed by atoms with E-state index in [9.17, 15) is 4.79 Å². The number of nitrogens with one attached hydrogen (secondary N) is 1. The van der Waals surface area contributed by atoms with Gasteiger partial charge in [0.25, 0.3) is 5.56 Å². The molecule has 0 aromatic carbocycles. The topological polar surface area (TPSA) is 50.7 Å². The molecule has 1 N–H and O–H groups in total. The summed E-state index contributed by atoms with van der Waals surface area (Å²) >= 11 is 5.04. The monoisotopic (exact) mass is 233 g/mol. The van der Waals surface area contributed by atoms with Gasteiger partial charge in [0, 0.05) is 37.1 Å². The molecule has 0 saturated heterocycles. The molecular weight excluding hydrogens is 222 g/mol. The molecule has 0 spiro atoms. The quantitative estimate of drug-likeness (QED) is 0.818. The molecule has 5 heteroatoms. The maximum Gasteiger partial charge on any atom is 0.251 e. The van der Waals surface area contributed by atoms with Gasteiger partial charge in [0.05, 0.1) is 0 Å². The molecule has 0 fully saturated rings. The van der Waals surface area contributed by atoms with Gasteiger partial charge in [0.2, 0.25) is 0 Å². The van der Waals surface area contributed by atoms with E-state index in [4.69, 9.17) is 12.2 Å². The van der Waals surface area contributed by atoms with E-state index in [1.165, 1.54) is 6.07 Å². The van der Waals surface area contributed by atoms with Crippen molar-refractivity contribution in [3.8, 4) is 0 Å². The highest BCUT2D eigenvalue weighted by Crippen LogP contribution is 1.97. The molecular formula is C11H11N3OS. The number of H-pyrrole nitrogens is 1. The molecule has 82 valence electrons. The first-order chi connectivity index (χ1) is 7.75. The Morgan fingerprint density at radius 3 is 2.94 bits per heavy atom. The SMILES string of the molecule is O=c1ccn(CCc2ccccn2)c(=S)[nH]1. The number of rotatable bonds is 3. The zero-order chi connectivity index (χ0) is 11.4. The summed E-state index contributed by atoms with van der Waals surface area (Å²) in [4.78, 5) is 17.8. The van der Waals surface area contributed by atoms with Crippen molar-refractivity contribution in [2.24, 2.45) is 0 Å². The first-order valence-corrected chi connectivity index (χ1v) is 5.36. The number of aromatic amines is 1. The largest absolute Gasteiger partial charge is 0.325 e. The van der Waals surface area contributed by atoms with E-state index in [1.54, 1.807) is 12.4 Å². The van der Waals surface area contributed by atoms with Crippen molar-refractivity contribution in [1.82, 2.24) is 14.5 Å². The number of pyridine rings is 1. The molecule has 0 unspecified atom stereocenters. The van der Waals surface area contributed by atoms with Crippen LogP contribution in [0.2, 0.25) is 0 Å². The smallest absolute Gasteiger partial charge is 0.251 e. The summed E-state index contributed by atoms with van der Waals surface area (Å²) in [6, 6.07) is 7.27. The highest BCUT2D eigenvalue weighted by Gasteiger charge is 1.96. The maximum absolute atomic E-state index is 11.0. The van der Waals surface area contributed by atoms with Gasteiger partial charge >= 0.3 is 0 Å². The first-order valence-electron chi connectivity index (χ1n) is 4.95. The van der Waals surface area contributed by atoms with Gasteiger partial charge in [0.15, 0.2) is 4.77 Å². The number of aryl methyl sites for hydroxylation is 2. The molecule has 0 atom stereocenters. The minimum absolute atomic E-state index is 0.168. The van der Waals surface area contributed by atoms with Gasteiger partial charge in [0.1, 0.15) is 0 Å². The van der Waals surface area contributed by atoms with Crippen LogP contribution in [0.5, 0.6) is 0 Å². The fourth-order valence-corrected chi connectivity index (χ4v) is 1.65. The van der Waals surface area contributed by atoms with E-state index in [0.29, 0.717) is 11.3 Å². The van der Waals surface area contributed by atoms with Crippen molar-refractivity contribution >= 4 is 12.2 Å². The van der Waals surface area contributed by atoms with Crippen molar-refractivity contribution in [3.63, 3.8) is 0 Å². The second-order valence-corrected chi connectivity index (χ2v) is 3.76. The summed E-state index contributed by atoms with van der Waals surface area (Å²) in [6.45, 7) is 0.715. The minimum Gasteiger partial charge on any atom is -0.325 e. The number of nitrogens with zero attached hydrogens (tertiary/aromatic N) is 2. The van der Waals surface area contributed by atoms with E-state index in [-0.39, 0.29) is 5.56 Å². The molecule has 0 aliphatic rings. The van der Waals surface area contributed by atoms with Crippen LogP contribution in [-0.2, 0) is 13.0 Å². The molecule has 0 amide bonds. The van der Waals surface area contributed by atoms with Crippen molar-refractivity contribution < 1.29 is 0 Å². The Kier molecular flexibility index (Phi) is 3.26. The lowest BCUT2D eigenvalue weighted by atomic mass is 10.3. The summed E-state index contributed by atoms with van der Waals surface area (Å²) in [5.74, 6) is 0. The predicted molar refractivity (Wildman–Crippen MR) is 63.8 cm³/mol. The Morgan fingerprint density at radius 2 is 2.25 bits per heavy atom. The van der Waals surface area contributed by atoms with Crippen LogP contribution >= 0.6 is 12.2 Å². The minimum atomic E-state index is -0.168. The van der Waals surface area contributed by atoms with Gasteiger partial charge in [-0.2, -0.15) is 0 Å². The molecule has 2 rings (SSSR count). The molecule has 0 saturated carbocycles. The number of hydrogen-bond acceptors (Lipinski definition) is 3. The number of hydrogen-bond donors (Lipinski definition) is 1. The lowest BCUT2D eigenvalue weighted by Crippen LogP contribution is -2.12. The lowest BCUT2D eigenvalue weighted by molar-refractivity contribution is 0.654. The zero-order valence-electron chi connectivity index (χ0n) is 8.59. The lowest BCUT2D eigenvalue weighted by Gasteiger charge is -2.05. The third-order valence-corrected chi connectivity index (χ3v) is 2.57. The second-order valence-electron chi connectivity index (χ2n) is 3.37. The van der Waals surface area contributed by atoms with E-state index in [1.807, 2.05) is 22.8 Å². The van der Waals surface area contributed by atoms with Crippen LogP contribution in [-0.4, -0.2) is 14.5 Å². The first kappa shape index (κ1) is 10.8. The highest BCUT2D eigenvalue weighted by atomic mass is 32.1. The average molecular weight is 233 g/mol. The summed E-state index contributed by atoms with van der Waals surface area (Å²) in [5, 5.41) is 0. The van der Waals surface area contributed by atoms with Crippen LogP contribution in [0.3, 0.4) is 0 Å². The fraction of sp³-hybridized carbons (Fsp3) is 0.182. The van der Waals surface area contributed by atoms with Crippen LogP contribution in [0.25, 0.3) is 0 Å². The Bertz CT molecular complexity index is 574. The van der Waals surface area contributed by atoms with Gasteiger partial charge in [-0.05, 0) is 24.4 Å². The van der Waals surface area contributed by atoms with E-state index in [0.717, 1.165) is 12.1 Å². The Labute approximate surface area is 97.6 Å². The third kappa shape index (κ3) is 2.64. The van der Waals surface area contributed by atoms with Crippen LogP contribution in [0, 0.1) is 4.77 Å².